The number of benzene rings is 2. The third-order valence-corrected chi connectivity index (χ3v) is 4.67. The fourth-order valence-corrected chi connectivity index (χ4v) is 3.60. The van der Waals surface area contributed by atoms with Crippen molar-refractivity contribution in [2.45, 2.75) is 12.7 Å². The summed E-state index contributed by atoms with van der Waals surface area (Å²) in [5.74, 6) is -0.0230. The molecular formula is C16H16N2O2S. The van der Waals surface area contributed by atoms with Gasteiger partial charge in [0.25, 0.3) is 0 Å². The van der Waals surface area contributed by atoms with E-state index in [0.29, 0.717) is 5.69 Å². The van der Waals surface area contributed by atoms with Gasteiger partial charge in [-0.15, -0.1) is 0 Å². The van der Waals surface area contributed by atoms with Gasteiger partial charge in [-0.25, -0.2) is 8.42 Å². The molecule has 0 saturated carbocycles. The Morgan fingerprint density at radius 3 is 2.71 bits per heavy atom. The van der Waals surface area contributed by atoms with Crippen LogP contribution in [0.2, 0.25) is 0 Å². The van der Waals surface area contributed by atoms with E-state index in [1.165, 1.54) is 0 Å². The topological polar surface area (TPSA) is 62.0 Å². The maximum absolute atomic E-state index is 12.3. The van der Waals surface area contributed by atoms with Crippen LogP contribution in [0.4, 0.5) is 5.69 Å². The van der Waals surface area contributed by atoms with E-state index >= 15 is 0 Å². The van der Waals surface area contributed by atoms with Crippen molar-refractivity contribution in [2.24, 2.45) is 0 Å². The van der Waals surface area contributed by atoms with Crippen LogP contribution in [0.1, 0.15) is 11.1 Å². The first-order chi connectivity index (χ1) is 10.0. The SMILES string of the molecule is Cc1ccccc1CS(=O)(=O)Nc1ccc2[nH]ccc2c1. The molecular weight excluding hydrogens is 284 g/mol. The number of fused-ring (bicyclic) bond motifs is 1. The number of hydrogen-bond acceptors (Lipinski definition) is 2. The molecule has 0 saturated heterocycles. The lowest BCUT2D eigenvalue weighted by Crippen LogP contribution is -2.15. The molecule has 0 aliphatic heterocycles. The van der Waals surface area contributed by atoms with Crippen LogP contribution >= 0.6 is 0 Å². The van der Waals surface area contributed by atoms with Crippen LogP contribution in [0.3, 0.4) is 0 Å². The van der Waals surface area contributed by atoms with Crippen molar-refractivity contribution < 1.29 is 8.42 Å². The predicted molar refractivity (Wildman–Crippen MR) is 85.7 cm³/mol. The molecule has 0 amide bonds. The summed E-state index contributed by atoms with van der Waals surface area (Å²) in [7, 11) is -3.42. The van der Waals surface area contributed by atoms with Gasteiger partial charge in [-0.05, 0) is 42.3 Å². The molecule has 3 aromatic rings. The Kier molecular flexibility index (Phi) is 3.43. The van der Waals surface area contributed by atoms with Gasteiger partial charge in [0, 0.05) is 22.8 Å². The van der Waals surface area contributed by atoms with Gasteiger partial charge in [-0.2, -0.15) is 0 Å². The van der Waals surface area contributed by atoms with Gasteiger partial charge in [0.05, 0.1) is 5.75 Å². The Bertz CT molecular complexity index is 882. The van der Waals surface area contributed by atoms with Gasteiger partial charge in [0.1, 0.15) is 0 Å². The molecule has 0 aliphatic carbocycles. The fourth-order valence-electron chi connectivity index (χ4n) is 2.31. The Balaban J connectivity index is 1.84. The first kappa shape index (κ1) is 13.7. The van der Waals surface area contributed by atoms with Crippen molar-refractivity contribution in [1.82, 2.24) is 4.98 Å². The normalized spacial score (nSPS) is 11.7. The molecule has 3 rings (SSSR count). The van der Waals surface area contributed by atoms with E-state index in [1.807, 2.05) is 55.6 Å². The third kappa shape index (κ3) is 3.08. The number of aromatic amines is 1. The van der Waals surface area contributed by atoms with Crippen LogP contribution in [-0.4, -0.2) is 13.4 Å². The molecule has 0 unspecified atom stereocenters. The highest BCUT2D eigenvalue weighted by molar-refractivity contribution is 7.91. The van der Waals surface area contributed by atoms with Crippen LogP contribution in [-0.2, 0) is 15.8 Å². The van der Waals surface area contributed by atoms with Gasteiger partial charge in [0.2, 0.25) is 10.0 Å². The first-order valence-electron chi connectivity index (χ1n) is 6.66. The largest absolute Gasteiger partial charge is 0.361 e. The smallest absolute Gasteiger partial charge is 0.236 e. The molecule has 0 spiro atoms. The van der Waals surface area contributed by atoms with Crippen molar-refractivity contribution in [2.75, 3.05) is 4.72 Å². The Labute approximate surface area is 123 Å². The zero-order chi connectivity index (χ0) is 14.9. The summed E-state index contributed by atoms with van der Waals surface area (Å²) in [5, 5.41) is 0.978. The van der Waals surface area contributed by atoms with Gasteiger partial charge in [0.15, 0.2) is 0 Å². The highest BCUT2D eigenvalue weighted by Gasteiger charge is 2.13. The average Bonchev–Trinajstić information content (AvgIpc) is 2.88. The number of hydrogen-bond donors (Lipinski definition) is 2. The van der Waals surface area contributed by atoms with Crippen molar-refractivity contribution in [3.05, 3.63) is 65.9 Å². The van der Waals surface area contributed by atoms with Crippen LogP contribution in [0.25, 0.3) is 10.9 Å². The molecule has 0 aliphatic rings. The Morgan fingerprint density at radius 2 is 1.90 bits per heavy atom. The van der Waals surface area contributed by atoms with Crippen LogP contribution in [0.5, 0.6) is 0 Å². The molecule has 1 heterocycles. The van der Waals surface area contributed by atoms with Gasteiger partial charge in [-0.1, -0.05) is 24.3 Å². The summed E-state index contributed by atoms with van der Waals surface area (Å²) >= 11 is 0. The number of sulfonamides is 1. The highest BCUT2D eigenvalue weighted by Crippen LogP contribution is 2.20. The molecule has 0 fully saturated rings. The summed E-state index contributed by atoms with van der Waals surface area (Å²) in [6.45, 7) is 1.91. The van der Waals surface area contributed by atoms with E-state index in [9.17, 15) is 8.42 Å². The number of rotatable bonds is 4. The zero-order valence-corrected chi connectivity index (χ0v) is 12.4. The summed E-state index contributed by atoms with van der Waals surface area (Å²) in [6, 6.07) is 14.9. The van der Waals surface area contributed by atoms with E-state index in [0.717, 1.165) is 22.0 Å². The standard InChI is InChI=1S/C16H16N2O2S/c1-12-4-2-3-5-14(12)11-21(19,20)18-15-6-7-16-13(10-15)8-9-17-16/h2-10,17-18H,11H2,1H3. The predicted octanol–water partition coefficient (Wildman–Crippen LogP) is 3.42. The number of H-pyrrole nitrogens is 1. The second kappa shape index (κ2) is 5.26. The molecule has 4 nitrogen and oxygen atoms in total. The molecule has 2 aromatic carbocycles. The number of nitrogens with one attached hydrogen (secondary N) is 2. The molecule has 0 bridgehead atoms. The second-order valence-corrected chi connectivity index (χ2v) is 6.79. The molecule has 0 atom stereocenters. The maximum Gasteiger partial charge on any atom is 0.236 e. The van der Waals surface area contributed by atoms with Gasteiger partial charge < -0.3 is 4.98 Å². The van der Waals surface area contributed by atoms with E-state index in [4.69, 9.17) is 0 Å². The van der Waals surface area contributed by atoms with E-state index in [2.05, 4.69) is 9.71 Å². The van der Waals surface area contributed by atoms with Crippen LogP contribution < -0.4 is 4.72 Å². The molecule has 2 N–H and O–H groups in total. The lowest BCUT2D eigenvalue weighted by Gasteiger charge is -2.10. The summed E-state index contributed by atoms with van der Waals surface area (Å²) < 4.78 is 27.2. The minimum absolute atomic E-state index is 0.0230. The lowest BCUT2D eigenvalue weighted by molar-refractivity contribution is 0.600. The van der Waals surface area contributed by atoms with E-state index in [1.54, 1.807) is 6.07 Å². The summed E-state index contributed by atoms with van der Waals surface area (Å²) in [6.07, 6.45) is 1.83. The molecule has 5 heteroatoms. The molecule has 0 radical (unpaired) electrons. The van der Waals surface area contributed by atoms with Crippen molar-refractivity contribution in [1.29, 1.82) is 0 Å². The number of aromatic nitrogens is 1. The van der Waals surface area contributed by atoms with Crippen LogP contribution in [0.15, 0.2) is 54.7 Å². The third-order valence-electron chi connectivity index (χ3n) is 3.43. The summed E-state index contributed by atoms with van der Waals surface area (Å²) in [5.41, 5.74) is 3.35. The lowest BCUT2D eigenvalue weighted by atomic mass is 10.1. The minimum Gasteiger partial charge on any atom is -0.361 e. The monoisotopic (exact) mass is 300 g/mol. The van der Waals surface area contributed by atoms with Crippen molar-refractivity contribution in [3.63, 3.8) is 0 Å². The van der Waals surface area contributed by atoms with E-state index < -0.39 is 10.0 Å². The summed E-state index contributed by atoms with van der Waals surface area (Å²) in [4.78, 5) is 3.08. The average molecular weight is 300 g/mol. The second-order valence-electron chi connectivity index (χ2n) is 5.07. The number of anilines is 1. The molecule has 1 aromatic heterocycles. The zero-order valence-electron chi connectivity index (χ0n) is 11.6. The molecule has 21 heavy (non-hydrogen) atoms. The maximum atomic E-state index is 12.3. The number of aryl methyl sites for hydroxylation is 1. The van der Waals surface area contributed by atoms with Crippen LogP contribution in [0, 0.1) is 6.92 Å². The van der Waals surface area contributed by atoms with E-state index in [-0.39, 0.29) is 5.75 Å². The molecule has 108 valence electrons. The highest BCUT2D eigenvalue weighted by atomic mass is 32.2. The first-order valence-corrected chi connectivity index (χ1v) is 8.31. The Morgan fingerprint density at radius 1 is 1.10 bits per heavy atom. The fraction of sp³-hybridized carbons (Fsp3) is 0.125. The Hall–Kier alpha value is -2.27. The minimum atomic E-state index is -3.42. The van der Waals surface area contributed by atoms with Crippen molar-refractivity contribution >= 4 is 26.6 Å². The van der Waals surface area contributed by atoms with Gasteiger partial charge in [-0.3, -0.25) is 4.72 Å². The van der Waals surface area contributed by atoms with Gasteiger partial charge >= 0.3 is 0 Å². The quantitative estimate of drug-likeness (QED) is 0.775. The van der Waals surface area contributed by atoms with Crippen molar-refractivity contribution in [3.8, 4) is 0 Å².